The number of esters is 1. The van der Waals surface area contributed by atoms with Gasteiger partial charge in [-0.1, -0.05) is 23.5 Å². The number of thiazole rings is 1. The van der Waals surface area contributed by atoms with Crippen LogP contribution in [-0.4, -0.2) is 66.2 Å². The number of rotatable bonds is 7. The summed E-state index contributed by atoms with van der Waals surface area (Å²) in [5.74, 6) is 1.51. The minimum atomic E-state index is -0.413. The number of piperazine rings is 1. The second-order valence-electron chi connectivity index (χ2n) is 8.51. The van der Waals surface area contributed by atoms with Gasteiger partial charge in [0.05, 0.1) is 25.4 Å². The summed E-state index contributed by atoms with van der Waals surface area (Å²) in [6, 6.07) is 7.97. The molecular weight excluding hydrogens is 514 g/mol. The molecule has 4 heterocycles. The van der Waals surface area contributed by atoms with Crippen molar-refractivity contribution in [1.82, 2.24) is 20.3 Å². The molecule has 0 aliphatic carbocycles. The molecule has 2 aliphatic heterocycles. The molecular formula is C24H27N7O4S2. The maximum atomic E-state index is 12.3. The normalized spacial score (nSPS) is 15.1. The molecule has 194 valence electrons. The first-order valence-corrected chi connectivity index (χ1v) is 13.2. The molecule has 3 aromatic rings. The lowest BCUT2D eigenvalue weighted by molar-refractivity contribution is -0.120. The van der Waals surface area contributed by atoms with Crippen molar-refractivity contribution in [3.05, 3.63) is 40.4 Å². The number of hydrogen-bond donors (Lipinski definition) is 3. The first-order chi connectivity index (χ1) is 17.9. The van der Waals surface area contributed by atoms with E-state index in [4.69, 9.17) is 19.4 Å². The number of anilines is 4. The fourth-order valence-corrected chi connectivity index (χ4v) is 5.13. The van der Waals surface area contributed by atoms with Crippen LogP contribution in [0.15, 0.2) is 29.2 Å². The summed E-state index contributed by atoms with van der Waals surface area (Å²) in [5, 5.41) is 6.46. The number of aromatic nitrogens is 3. The quantitative estimate of drug-likeness (QED) is 0.304. The highest BCUT2D eigenvalue weighted by molar-refractivity contribution is 7.80. The number of thiol groups is 1. The Morgan fingerprint density at radius 2 is 2.00 bits per heavy atom. The fourth-order valence-electron chi connectivity index (χ4n) is 4.13. The lowest BCUT2D eigenvalue weighted by Gasteiger charge is -2.35. The van der Waals surface area contributed by atoms with Gasteiger partial charge in [0.25, 0.3) is 0 Å². The molecule has 0 bridgehead atoms. The number of carbonyl (C=O) groups is 2. The number of carbonyl (C=O) groups excluding carboxylic acids is 2. The van der Waals surface area contributed by atoms with E-state index in [0.29, 0.717) is 71.8 Å². The van der Waals surface area contributed by atoms with Crippen LogP contribution in [0.4, 0.5) is 22.7 Å². The Morgan fingerprint density at radius 3 is 2.76 bits per heavy atom. The molecule has 37 heavy (non-hydrogen) atoms. The molecule has 11 nitrogen and oxygen atoms in total. The van der Waals surface area contributed by atoms with Crippen molar-refractivity contribution < 1.29 is 19.1 Å². The van der Waals surface area contributed by atoms with Crippen molar-refractivity contribution in [2.24, 2.45) is 0 Å². The molecule has 2 N–H and O–H groups in total. The van der Waals surface area contributed by atoms with Crippen LogP contribution in [0.1, 0.15) is 27.9 Å². The molecule has 5 rings (SSSR count). The second kappa shape index (κ2) is 10.8. The van der Waals surface area contributed by atoms with Crippen molar-refractivity contribution in [2.75, 3.05) is 54.5 Å². The van der Waals surface area contributed by atoms with Gasteiger partial charge in [-0.05, 0) is 31.5 Å². The van der Waals surface area contributed by atoms with Gasteiger partial charge < -0.3 is 24.6 Å². The van der Waals surface area contributed by atoms with E-state index in [0.717, 1.165) is 10.5 Å². The Labute approximate surface area is 223 Å². The van der Waals surface area contributed by atoms with Crippen LogP contribution in [-0.2, 0) is 16.1 Å². The third kappa shape index (κ3) is 5.57. The van der Waals surface area contributed by atoms with Crippen LogP contribution in [0, 0.1) is 6.92 Å². The number of benzene rings is 1. The largest absolute Gasteiger partial charge is 0.485 e. The molecule has 1 amide bonds. The van der Waals surface area contributed by atoms with Crippen molar-refractivity contribution in [2.45, 2.75) is 25.3 Å². The predicted molar refractivity (Wildman–Crippen MR) is 144 cm³/mol. The first kappa shape index (κ1) is 25.1. The highest BCUT2D eigenvalue weighted by Gasteiger charge is 2.30. The van der Waals surface area contributed by atoms with Gasteiger partial charge in [-0.3, -0.25) is 10.1 Å². The van der Waals surface area contributed by atoms with Crippen molar-refractivity contribution in [3.8, 4) is 5.75 Å². The molecule has 0 radical (unpaired) electrons. The van der Waals surface area contributed by atoms with E-state index in [2.05, 4.69) is 33.1 Å². The second-order valence-corrected chi connectivity index (χ2v) is 10.0. The monoisotopic (exact) mass is 541 g/mol. The number of hydrogen-bond acceptors (Lipinski definition) is 12. The van der Waals surface area contributed by atoms with Crippen LogP contribution in [0.3, 0.4) is 0 Å². The zero-order valence-corrected chi connectivity index (χ0v) is 22.2. The average molecular weight is 542 g/mol. The average Bonchev–Trinajstić information content (AvgIpc) is 3.25. The molecule has 0 spiro atoms. The first-order valence-electron chi connectivity index (χ1n) is 11.9. The van der Waals surface area contributed by atoms with E-state index < -0.39 is 5.97 Å². The van der Waals surface area contributed by atoms with E-state index in [1.54, 1.807) is 13.8 Å². The molecule has 2 aliphatic rings. The van der Waals surface area contributed by atoms with E-state index >= 15 is 0 Å². The Hall–Kier alpha value is -3.58. The summed E-state index contributed by atoms with van der Waals surface area (Å²) in [5.41, 5.74) is 1.67. The highest BCUT2D eigenvalue weighted by Crippen LogP contribution is 2.40. The maximum absolute atomic E-state index is 12.3. The van der Waals surface area contributed by atoms with Gasteiger partial charge in [-0.25, -0.2) is 9.78 Å². The Morgan fingerprint density at radius 1 is 1.22 bits per heavy atom. The standard InChI is InChI=1S/C24H27N7O4S2/c1-3-34-22(33)19-14(2)26-24(37-19)29-23-27-20(30-9-8-25-17(32)13-30)18-21(28-23)31(10-11-35-18)12-15-4-6-16(36)7-5-15/h4-7,36H,3,8-13H2,1-2H3,(H,25,32)(H,26,27,28,29). The molecule has 0 atom stereocenters. The predicted octanol–water partition coefficient (Wildman–Crippen LogP) is 2.79. The Balaban J connectivity index is 1.51. The number of fused-ring (bicyclic) bond motifs is 1. The lowest BCUT2D eigenvalue weighted by Crippen LogP contribution is -2.48. The van der Waals surface area contributed by atoms with E-state index in [1.807, 2.05) is 29.2 Å². The van der Waals surface area contributed by atoms with Gasteiger partial charge in [0, 0.05) is 24.5 Å². The number of nitrogens with zero attached hydrogens (tertiary/aromatic N) is 5. The SMILES string of the molecule is CCOC(=O)c1sc(Nc2nc(N3CCNC(=O)C3)c3c(n2)N(Cc2ccc(S)cc2)CCO3)nc1C. The van der Waals surface area contributed by atoms with Gasteiger partial charge in [-0.15, -0.1) is 12.6 Å². The molecule has 0 saturated carbocycles. The molecule has 2 aromatic heterocycles. The third-order valence-electron chi connectivity index (χ3n) is 5.86. The van der Waals surface area contributed by atoms with E-state index in [1.165, 1.54) is 11.3 Å². The van der Waals surface area contributed by atoms with Crippen LogP contribution in [0.2, 0.25) is 0 Å². The number of amides is 1. The highest BCUT2D eigenvalue weighted by atomic mass is 32.1. The van der Waals surface area contributed by atoms with Crippen LogP contribution < -0.4 is 25.2 Å². The van der Waals surface area contributed by atoms with Crippen molar-refractivity contribution >= 4 is 58.6 Å². The summed E-state index contributed by atoms with van der Waals surface area (Å²) in [7, 11) is 0. The fraction of sp³-hybridized carbons (Fsp3) is 0.375. The summed E-state index contributed by atoms with van der Waals surface area (Å²) < 4.78 is 11.2. The van der Waals surface area contributed by atoms with Crippen molar-refractivity contribution in [1.29, 1.82) is 0 Å². The number of aryl methyl sites for hydroxylation is 1. The van der Waals surface area contributed by atoms with Gasteiger partial charge in [0.2, 0.25) is 17.6 Å². The number of ether oxygens (including phenoxy) is 2. The topological polar surface area (TPSA) is 122 Å². The Kier molecular flexibility index (Phi) is 7.33. The molecule has 1 aromatic carbocycles. The molecule has 1 fully saturated rings. The summed E-state index contributed by atoms with van der Waals surface area (Å²) in [6.07, 6.45) is 0. The van der Waals surface area contributed by atoms with Crippen molar-refractivity contribution in [3.63, 3.8) is 0 Å². The lowest BCUT2D eigenvalue weighted by atomic mass is 10.2. The zero-order valence-electron chi connectivity index (χ0n) is 20.5. The van der Waals surface area contributed by atoms with Gasteiger partial charge >= 0.3 is 5.97 Å². The van der Waals surface area contributed by atoms with Crippen LogP contribution >= 0.6 is 24.0 Å². The smallest absolute Gasteiger partial charge is 0.350 e. The molecule has 13 heteroatoms. The summed E-state index contributed by atoms with van der Waals surface area (Å²) in [4.78, 5) is 43.7. The minimum absolute atomic E-state index is 0.0812. The molecule has 0 unspecified atom stereocenters. The van der Waals surface area contributed by atoms with Gasteiger partial charge in [-0.2, -0.15) is 9.97 Å². The maximum Gasteiger partial charge on any atom is 0.350 e. The van der Waals surface area contributed by atoms with Crippen LogP contribution in [0.25, 0.3) is 0 Å². The Bertz CT molecular complexity index is 1320. The van der Waals surface area contributed by atoms with E-state index in [-0.39, 0.29) is 19.1 Å². The van der Waals surface area contributed by atoms with Gasteiger partial charge in [0.1, 0.15) is 11.5 Å². The minimum Gasteiger partial charge on any atom is -0.485 e. The van der Waals surface area contributed by atoms with Gasteiger partial charge in [0.15, 0.2) is 16.8 Å². The summed E-state index contributed by atoms with van der Waals surface area (Å²) >= 11 is 5.56. The third-order valence-corrected chi connectivity index (χ3v) is 7.21. The summed E-state index contributed by atoms with van der Waals surface area (Å²) in [6.45, 7) is 6.78. The van der Waals surface area contributed by atoms with Crippen LogP contribution in [0.5, 0.6) is 5.75 Å². The number of nitrogens with one attached hydrogen (secondary N) is 2. The molecule has 1 saturated heterocycles. The van der Waals surface area contributed by atoms with E-state index in [9.17, 15) is 9.59 Å². The zero-order chi connectivity index (χ0) is 25.9.